The van der Waals surface area contributed by atoms with Gasteiger partial charge in [0.05, 0.1) is 0 Å². The molecule has 0 aliphatic carbocycles. The standard InChI is InChI=1S/C23H31NO2S/c1-18(2)24-22-14-12-21(13-15-22)17-27-19(3)8-7-11-23(25)26-16-20-9-5-4-6-10-20/h4-6,9-10,12-15,18-19,24H,7-8,11,16-17H2,1-3H3. The van der Waals surface area contributed by atoms with Gasteiger partial charge in [-0.2, -0.15) is 11.8 Å². The lowest BCUT2D eigenvalue weighted by Crippen LogP contribution is -2.09. The van der Waals surface area contributed by atoms with Crippen LogP contribution in [0.15, 0.2) is 54.6 Å². The van der Waals surface area contributed by atoms with Crippen molar-refractivity contribution < 1.29 is 9.53 Å². The van der Waals surface area contributed by atoms with Crippen LogP contribution in [0.5, 0.6) is 0 Å². The molecule has 1 unspecified atom stereocenters. The molecule has 0 fully saturated rings. The number of nitrogens with one attached hydrogen (secondary N) is 1. The lowest BCUT2D eigenvalue weighted by atomic mass is 10.2. The highest BCUT2D eigenvalue weighted by Gasteiger charge is 2.08. The lowest BCUT2D eigenvalue weighted by Gasteiger charge is -2.13. The first-order chi connectivity index (χ1) is 13.0. The summed E-state index contributed by atoms with van der Waals surface area (Å²) in [6, 6.07) is 18.9. The molecule has 2 aromatic rings. The number of rotatable bonds is 11. The Labute approximate surface area is 167 Å². The Morgan fingerprint density at radius 1 is 1.00 bits per heavy atom. The van der Waals surface area contributed by atoms with E-state index in [1.54, 1.807) is 0 Å². The highest BCUT2D eigenvalue weighted by Crippen LogP contribution is 2.23. The second-order valence-electron chi connectivity index (χ2n) is 7.16. The number of carbonyl (C=O) groups excluding carboxylic acids is 1. The third-order valence-electron chi connectivity index (χ3n) is 4.18. The van der Waals surface area contributed by atoms with Crippen LogP contribution in [0.25, 0.3) is 0 Å². The summed E-state index contributed by atoms with van der Waals surface area (Å²) in [4.78, 5) is 11.9. The van der Waals surface area contributed by atoms with Crippen LogP contribution in [-0.2, 0) is 21.9 Å². The van der Waals surface area contributed by atoms with E-state index in [4.69, 9.17) is 4.74 Å². The van der Waals surface area contributed by atoms with E-state index in [-0.39, 0.29) is 5.97 Å². The summed E-state index contributed by atoms with van der Waals surface area (Å²) in [6.45, 7) is 6.88. The molecule has 0 spiro atoms. The first-order valence-corrected chi connectivity index (χ1v) is 10.7. The van der Waals surface area contributed by atoms with Gasteiger partial charge in [0, 0.05) is 29.2 Å². The van der Waals surface area contributed by atoms with Gasteiger partial charge in [0.25, 0.3) is 0 Å². The topological polar surface area (TPSA) is 38.3 Å². The summed E-state index contributed by atoms with van der Waals surface area (Å²) < 4.78 is 5.33. The molecule has 0 amide bonds. The summed E-state index contributed by atoms with van der Waals surface area (Å²) in [6.07, 6.45) is 2.39. The van der Waals surface area contributed by atoms with Crippen molar-refractivity contribution in [3.8, 4) is 0 Å². The lowest BCUT2D eigenvalue weighted by molar-refractivity contribution is -0.145. The maximum Gasteiger partial charge on any atom is 0.306 e. The molecular formula is C23H31NO2S. The van der Waals surface area contributed by atoms with Crippen molar-refractivity contribution in [1.82, 2.24) is 0 Å². The molecule has 0 aliphatic rings. The highest BCUT2D eigenvalue weighted by molar-refractivity contribution is 7.99. The van der Waals surface area contributed by atoms with E-state index in [9.17, 15) is 4.79 Å². The van der Waals surface area contributed by atoms with Crippen molar-refractivity contribution >= 4 is 23.4 Å². The van der Waals surface area contributed by atoms with Gasteiger partial charge in [-0.3, -0.25) is 4.79 Å². The van der Waals surface area contributed by atoms with E-state index in [0.29, 0.717) is 24.3 Å². The first kappa shape index (κ1) is 21.4. The second kappa shape index (κ2) is 11.7. The van der Waals surface area contributed by atoms with Gasteiger partial charge < -0.3 is 10.1 Å². The molecular weight excluding hydrogens is 354 g/mol. The van der Waals surface area contributed by atoms with Gasteiger partial charge in [0.2, 0.25) is 0 Å². The molecule has 1 N–H and O–H groups in total. The molecule has 0 aromatic heterocycles. The Balaban J connectivity index is 1.59. The average molecular weight is 386 g/mol. The molecule has 0 bridgehead atoms. The van der Waals surface area contributed by atoms with Crippen LogP contribution in [0, 0.1) is 0 Å². The van der Waals surface area contributed by atoms with Crippen LogP contribution >= 0.6 is 11.8 Å². The molecule has 0 heterocycles. The molecule has 0 saturated carbocycles. The summed E-state index contributed by atoms with van der Waals surface area (Å²) in [5.74, 6) is 0.894. The van der Waals surface area contributed by atoms with E-state index in [1.165, 1.54) is 11.3 Å². The molecule has 2 aromatic carbocycles. The number of hydrogen-bond acceptors (Lipinski definition) is 4. The summed E-state index contributed by atoms with van der Waals surface area (Å²) >= 11 is 1.94. The van der Waals surface area contributed by atoms with Crippen molar-refractivity contribution in [2.75, 3.05) is 5.32 Å². The molecule has 4 heteroatoms. The molecule has 2 rings (SSSR count). The fourth-order valence-electron chi connectivity index (χ4n) is 2.70. The molecule has 146 valence electrons. The first-order valence-electron chi connectivity index (χ1n) is 9.69. The van der Waals surface area contributed by atoms with Crippen molar-refractivity contribution in [3.63, 3.8) is 0 Å². The summed E-state index contributed by atoms with van der Waals surface area (Å²) in [5.41, 5.74) is 3.54. The quantitative estimate of drug-likeness (QED) is 0.478. The minimum absolute atomic E-state index is 0.107. The van der Waals surface area contributed by atoms with E-state index in [1.807, 2.05) is 42.1 Å². The fourth-order valence-corrected chi connectivity index (χ4v) is 3.70. The normalized spacial score (nSPS) is 12.0. The van der Waals surface area contributed by atoms with E-state index in [0.717, 1.165) is 24.2 Å². The SMILES string of the molecule is CC(C)Nc1ccc(CSC(C)CCCC(=O)OCc2ccccc2)cc1. The third-order valence-corrected chi connectivity index (χ3v) is 5.48. The monoisotopic (exact) mass is 385 g/mol. The zero-order chi connectivity index (χ0) is 19.5. The van der Waals surface area contributed by atoms with Gasteiger partial charge in [-0.25, -0.2) is 0 Å². The van der Waals surface area contributed by atoms with Gasteiger partial charge in [0.1, 0.15) is 6.61 Å². The number of esters is 1. The smallest absolute Gasteiger partial charge is 0.306 e. The van der Waals surface area contributed by atoms with E-state index < -0.39 is 0 Å². The fraction of sp³-hybridized carbons (Fsp3) is 0.435. The Hall–Kier alpha value is -1.94. The van der Waals surface area contributed by atoms with Crippen molar-refractivity contribution in [3.05, 3.63) is 65.7 Å². The minimum atomic E-state index is -0.107. The summed E-state index contributed by atoms with van der Waals surface area (Å²) in [7, 11) is 0. The number of benzene rings is 2. The van der Waals surface area contributed by atoms with Gasteiger partial charge in [0.15, 0.2) is 0 Å². The van der Waals surface area contributed by atoms with Crippen molar-refractivity contribution in [2.45, 2.75) is 63.7 Å². The third kappa shape index (κ3) is 9.00. The van der Waals surface area contributed by atoms with Gasteiger partial charge in [-0.1, -0.05) is 49.4 Å². The predicted molar refractivity (Wildman–Crippen MR) is 116 cm³/mol. The maximum atomic E-state index is 11.9. The number of carbonyl (C=O) groups is 1. The molecule has 3 nitrogen and oxygen atoms in total. The molecule has 0 saturated heterocycles. The number of ether oxygens (including phenoxy) is 1. The Morgan fingerprint density at radius 3 is 2.37 bits per heavy atom. The largest absolute Gasteiger partial charge is 0.461 e. The second-order valence-corrected chi connectivity index (χ2v) is 8.58. The van der Waals surface area contributed by atoms with Crippen molar-refractivity contribution in [1.29, 1.82) is 0 Å². The van der Waals surface area contributed by atoms with E-state index >= 15 is 0 Å². The molecule has 0 aliphatic heterocycles. The number of thioether (sulfide) groups is 1. The Morgan fingerprint density at radius 2 is 1.70 bits per heavy atom. The van der Waals surface area contributed by atoms with Crippen LogP contribution in [0.2, 0.25) is 0 Å². The van der Waals surface area contributed by atoms with Gasteiger partial charge >= 0.3 is 5.97 Å². The van der Waals surface area contributed by atoms with Crippen LogP contribution in [-0.4, -0.2) is 17.3 Å². The number of anilines is 1. The minimum Gasteiger partial charge on any atom is -0.461 e. The molecule has 1 atom stereocenters. The van der Waals surface area contributed by atoms with Crippen LogP contribution in [0.4, 0.5) is 5.69 Å². The van der Waals surface area contributed by atoms with Crippen LogP contribution < -0.4 is 5.32 Å². The average Bonchev–Trinajstić information content (AvgIpc) is 2.66. The Bertz CT molecular complexity index is 671. The summed E-state index contributed by atoms with van der Waals surface area (Å²) in [5, 5.41) is 3.93. The number of hydrogen-bond donors (Lipinski definition) is 1. The predicted octanol–water partition coefficient (Wildman–Crippen LogP) is 6.04. The van der Waals surface area contributed by atoms with Gasteiger partial charge in [-0.15, -0.1) is 0 Å². The van der Waals surface area contributed by atoms with Crippen molar-refractivity contribution in [2.24, 2.45) is 0 Å². The highest BCUT2D eigenvalue weighted by atomic mass is 32.2. The van der Waals surface area contributed by atoms with Gasteiger partial charge in [-0.05, 0) is 49.9 Å². The maximum absolute atomic E-state index is 11.9. The van der Waals surface area contributed by atoms with Crippen LogP contribution in [0.1, 0.15) is 51.2 Å². The molecule has 27 heavy (non-hydrogen) atoms. The van der Waals surface area contributed by atoms with Crippen LogP contribution in [0.3, 0.4) is 0 Å². The van der Waals surface area contributed by atoms with E-state index in [2.05, 4.69) is 50.4 Å². The molecule has 0 radical (unpaired) electrons. The zero-order valence-electron chi connectivity index (χ0n) is 16.6. The Kier molecular flexibility index (Phi) is 9.26. The zero-order valence-corrected chi connectivity index (χ0v) is 17.4.